The molecule has 0 spiro atoms. The van der Waals surface area contributed by atoms with E-state index in [0.29, 0.717) is 5.82 Å². The third-order valence-electron chi connectivity index (χ3n) is 1.90. The van der Waals surface area contributed by atoms with E-state index < -0.39 is 11.7 Å². The van der Waals surface area contributed by atoms with Crippen molar-refractivity contribution in [2.75, 3.05) is 0 Å². The van der Waals surface area contributed by atoms with Gasteiger partial charge in [-0.25, -0.2) is 0 Å². The zero-order chi connectivity index (χ0) is 12.5. The Kier molecular flexibility index (Phi) is 2.70. The van der Waals surface area contributed by atoms with Crippen molar-refractivity contribution >= 4 is 0 Å². The van der Waals surface area contributed by atoms with Crippen LogP contribution in [0.25, 0.3) is 11.5 Å². The van der Waals surface area contributed by atoms with Crippen LogP contribution in [-0.2, 0) is 6.18 Å². The summed E-state index contributed by atoms with van der Waals surface area (Å²) in [6.45, 7) is 1.60. The normalized spacial score (nSPS) is 11.5. The van der Waals surface area contributed by atoms with Crippen molar-refractivity contribution < 1.29 is 13.2 Å². The maximum absolute atomic E-state index is 12.3. The molecule has 0 aliphatic carbocycles. The first-order chi connectivity index (χ1) is 7.97. The molecule has 0 saturated heterocycles. The van der Waals surface area contributed by atoms with Crippen LogP contribution in [0.2, 0.25) is 0 Å². The van der Waals surface area contributed by atoms with E-state index in [0.717, 1.165) is 12.3 Å². The summed E-state index contributed by atoms with van der Waals surface area (Å²) in [5, 5.41) is 14.6. The first kappa shape index (κ1) is 11.4. The highest BCUT2D eigenvalue weighted by atomic mass is 19.4. The van der Waals surface area contributed by atoms with Gasteiger partial charge in [0, 0.05) is 6.20 Å². The van der Waals surface area contributed by atoms with E-state index in [9.17, 15) is 13.2 Å². The van der Waals surface area contributed by atoms with Gasteiger partial charge in [-0.1, -0.05) is 0 Å². The highest BCUT2D eigenvalue weighted by molar-refractivity contribution is 5.47. The number of hydrogen-bond donors (Lipinski definition) is 0. The Morgan fingerprint density at radius 3 is 2.12 bits per heavy atom. The molecule has 0 radical (unpaired) electrons. The number of aryl methyl sites for hydroxylation is 1. The van der Waals surface area contributed by atoms with Gasteiger partial charge in [0.15, 0.2) is 5.82 Å². The summed E-state index contributed by atoms with van der Waals surface area (Å²) >= 11 is 0. The Morgan fingerprint density at radius 2 is 1.65 bits per heavy atom. The number of hydrogen-bond acceptors (Lipinski definition) is 5. The summed E-state index contributed by atoms with van der Waals surface area (Å²) in [6.07, 6.45) is -3.69. The smallest absolute Gasteiger partial charge is 0.252 e. The third kappa shape index (κ3) is 2.52. The summed E-state index contributed by atoms with van der Waals surface area (Å²) in [5.41, 5.74) is -0.632. The summed E-state index contributed by atoms with van der Waals surface area (Å²) < 4.78 is 36.8. The Balaban J connectivity index is 2.33. The SMILES string of the molecule is Cc1nnc(-c2ccc(C(F)(F)F)cn2)nn1. The number of nitrogens with zero attached hydrogens (tertiary/aromatic N) is 5. The van der Waals surface area contributed by atoms with E-state index in [4.69, 9.17) is 0 Å². The summed E-state index contributed by atoms with van der Waals surface area (Å²) in [6, 6.07) is 2.09. The largest absolute Gasteiger partial charge is 0.417 e. The maximum atomic E-state index is 12.3. The molecule has 0 unspecified atom stereocenters. The zero-order valence-electron chi connectivity index (χ0n) is 8.60. The molecule has 0 amide bonds. The van der Waals surface area contributed by atoms with Crippen LogP contribution in [-0.4, -0.2) is 25.4 Å². The molecule has 0 aliphatic rings. The van der Waals surface area contributed by atoms with Gasteiger partial charge in [-0.2, -0.15) is 13.2 Å². The fourth-order valence-corrected chi connectivity index (χ4v) is 1.08. The number of aromatic nitrogens is 5. The minimum Gasteiger partial charge on any atom is -0.252 e. The van der Waals surface area contributed by atoms with Crippen molar-refractivity contribution in [1.29, 1.82) is 0 Å². The van der Waals surface area contributed by atoms with E-state index in [-0.39, 0.29) is 11.5 Å². The van der Waals surface area contributed by atoms with Crippen LogP contribution in [0.15, 0.2) is 18.3 Å². The molecule has 2 aromatic rings. The lowest BCUT2D eigenvalue weighted by Crippen LogP contribution is -2.06. The van der Waals surface area contributed by atoms with Crippen LogP contribution in [0.4, 0.5) is 13.2 Å². The molecule has 5 nitrogen and oxygen atoms in total. The van der Waals surface area contributed by atoms with Crippen molar-refractivity contribution in [3.05, 3.63) is 29.7 Å². The predicted molar refractivity (Wildman–Crippen MR) is 50.6 cm³/mol. The summed E-state index contributed by atoms with van der Waals surface area (Å²) in [7, 11) is 0. The average Bonchev–Trinajstić information content (AvgIpc) is 2.29. The fourth-order valence-electron chi connectivity index (χ4n) is 1.08. The second-order valence-corrected chi connectivity index (χ2v) is 3.20. The minimum atomic E-state index is -4.41. The van der Waals surface area contributed by atoms with E-state index in [1.807, 2.05) is 0 Å². The van der Waals surface area contributed by atoms with Gasteiger partial charge in [0.2, 0.25) is 5.82 Å². The molecular formula is C9H6F3N5. The molecule has 88 valence electrons. The van der Waals surface area contributed by atoms with Gasteiger partial charge in [-0.15, -0.1) is 20.4 Å². The highest BCUT2D eigenvalue weighted by Crippen LogP contribution is 2.29. The minimum absolute atomic E-state index is 0.0873. The van der Waals surface area contributed by atoms with E-state index in [1.54, 1.807) is 6.92 Å². The quantitative estimate of drug-likeness (QED) is 0.759. The average molecular weight is 241 g/mol. The number of halogens is 3. The van der Waals surface area contributed by atoms with Crippen molar-refractivity contribution in [1.82, 2.24) is 25.4 Å². The van der Waals surface area contributed by atoms with Gasteiger partial charge in [-0.3, -0.25) is 4.98 Å². The first-order valence-corrected chi connectivity index (χ1v) is 4.54. The molecule has 0 fully saturated rings. The lowest BCUT2D eigenvalue weighted by Gasteiger charge is -2.05. The van der Waals surface area contributed by atoms with Crippen LogP contribution in [0.1, 0.15) is 11.4 Å². The maximum Gasteiger partial charge on any atom is 0.417 e. The predicted octanol–water partition coefficient (Wildman–Crippen LogP) is 1.66. The number of rotatable bonds is 1. The molecular weight excluding hydrogens is 235 g/mol. The van der Waals surface area contributed by atoms with Gasteiger partial charge in [0.05, 0.1) is 5.56 Å². The first-order valence-electron chi connectivity index (χ1n) is 4.54. The van der Waals surface area contributed by atoms with E-state index in [2.05, 4.69) is 25.4 Å². The molecule has 0 bridgehead atoms. The van der Waals surface area contributed by atoms with E-state index in [1.165, 1.54) is 6.07 Å². The van der Waals surface area contributed by atoms with Crippen LogP contribution in [0, 0.1) is 6.92 Å². The third-order valence-corrected chi connectivity index (χ3v) is 1.90. The summed E-state index contributed by atoms with van der Waals surface area (Å²) in [4.78, 5) is 3.62. The molecule has 2 rings (SSSR count). The van der Waals surface area contributed by atoms with Crippen LogP contribution in [0.3, 0.4) is 0 Å². The topological polar surface area (TPSA) is 64.5 Å². The van der Waals surface area contributed by atoms with Crippen molar-refractivity contribution in [2.45, 2.75) is 13.1 Å². The standard InChI is InChI=1S/C9H6F3N5/c1-5-14-16-8(17-15-5)7-3-2-6(4-13-7)9(10,11)12/h2-4H,1H3. The van der Waals surface area contributed by atoms with Gasteiger partial charge < -0.3 is 0 Å². The number of pyridine rings is 1. The van der Waals surface area contributed by atoms with Gasteiger partial charge >= 0.3 is 6.18 Å². The molecule has 2 heterocycles. The van der Waals surface area contributed by atoms with Crippen molar-refractivity contribution in [3.8, 4) is 11.5 Å². The second-order valence-electron chi connectivity index (χ2n) is 3.20. The van der Waals surface area contributed by atoms with Crippen molar-refractivity contribution in [3.63, 3.8) is 0 Å². The van der Waals surface area contributed by atoms with E-state index >= 15 is 0 Å². The second kappa shape index (κ2) is 4.04. The van der Waals surface area contributed by atoms with Crippen LogP contribution >= 0.6 is 0 Å². The van der Waals surface area contributed by atoms with Crippen LogP contribution < -0.4 is 0 Å². The van der Waals surface area contributed by atoms with Crippen molar-refractivity contribution in [2.24, 2.45) is 0 Å². The molecule has 17 heavy (non-hydrogen) atoms. The summed E-state index contributed by atoms with van der Waals surface area (Å²) in [5.74, 6) is 0.463. The lowest BCUT2D eigenvalue weighted by molar-refractivity contribution is -0.137. The highest BCUT2D eigenvalue weighted by Gasteiger charge is 2.30. The molecule has 0 aliphatic heterocycles. The molecule has 8 heteroatoms. The molecule has 0 aromatic carbocycles. The van der Waals surface area contributed by atoms with Gasteiger partial charge in [0.25, 0.3) is 0 Å². The molecule has 0 atom stereocenters. The number of alkyl halides is 3. The monoisotopic (exact) mass is 241 g/mol. The molecule has 0 N–H and O–H groups in total. The van der Waals surface area contributed by atoms with Gasteiger partial charge in [-0.05, 0) is 19.1 Å². The Bertz CT molecular complexity index is 506. The lowest BCUT2D eigenvalue weighted by atomic mass is 10.2. The fraction of sp³-hybridized carbons (Fsp3) is 0.222. The Hall–Kier alpha value is -2.12. The Labute approximate surface area is 93.8 Å². The zero-order valence-corrected chi connectivity index (χ0v) is 8.60. The Morgan fingerprint density at radius 1 is 1.00 bits per heavy atom. The van der Waals surface area contributed by atoms with Crippen LogP contribution in [0.5, 0.6) is 0 Å². The van der Waals surface area contributed by atoms with Gasteiger partial charge in [0.1, 0.15) is 5.69 Å². The molecule has 2 aromatic heterocycles. The molecule has 0 saturated carbocycles.